The third kappa shape index (κ3) is 3.77. The zero-order chi connectivity index (χ0) is 25.4. The van der Waals surface area contributed by atoms with Crippen molar-refractivity contribution in [2.24, 2.45) is 0 Å². The van der Waals surface area contributed by atoms with Crippen molar-refractivity contribution in [3.8, 4) is 17.2 Å². The fourth-order valence-corrected chi connectivity index (χ4v) is 4.52. The van der Waals surface area contributed by atoms with Crippen LogP contribution in [0.3, 0.4) is 0 Å². The van der Waals surface area contributed by atoms with E-state index in [1.54, 1.807) is 31.4 Å². The van der Waals surface area contributed by atoms with Crippen LogP contribution in [0.2, 0.25) is 0 Å². The Balaban J connectivity index is 1.70. The first-order valence-corrected chi connectivity index (χ1v) is 11.3. The molecule has 0 radical (unpaired) electrons. The minimum atomic E-state index is -0.881. The Morgan fingerprint density at radius 3 is 2.42 bits per heavy atom. The van der Waals surface area contributed by atoms with Crippen LogP contribution in [-0.2, 0) is 4.74 Å². The summed E-state index contributed by atoms with van der Waals surface area (Å²) in [5.74, 6) is -0.922. The van der Waals surface area contributed by atoms with Crippen LogP contribution >= 0.6 is 0 Å². The first-order valence-electron chi connectivity index (χ1n) is 11.3. The Kier molecular flexibility index (Phi) is 5.74. The van der Waals surface area contributed by atoms with Gasteiger partial charge in [0, 0.05) is 36.4 Å². The highest BCUT2D eigenvalue weighted by molar-refractivity contribution is 6.31. The van der Waals surface area contributed by atoms with E-state index in [1.165, 1.54) is 31.4 Å². The van der Waals surface area contributed by atoms with Crippen molar-refractivity contribution in [1.29, 1.82) is 0 Å². The van der Waals surface area contributed by atoms with Gasteiger partial charge in [-0.2, -0.15) is 0 Å². The van der Waals surface area contributed by atoms with Crippen molar-refractivity contribution in [1.82, 2.24) is 0 Å². The van der Waals surface area contributed by atoms with E-state index in [0.29, 0.717) is 23.5 Å². The zero-order valence-electron chi connectivity index (χ0n) is 19.7. The number of ether oxygens (including phenoxy) is 2. The number of hydrogen-bond donors (Lipinski definition) is 4. The third-order valence-electron chi connectivity index (χ3n) is 6.38. The maximum absolute atomic E-state index is 13.8. The van der Waals surface area contributed by atoms with E-state index in [0.717, 1.165) is 0 Å². The zero-order valence-corrected chi connectivity index (χ0v) is 19.7. The number of phenols is 2. The van der Waals surface area contributed by atoms with Crippen molar-refractivity contribution >= 4 is 28.6 Å². The molecule has 0 saturated carbocycles. The summed E-state index contributed by atoms with van der Waals surface area (Å²) >= 11 is 0. The molecule has 2 aliphatic carbocycles. The molecule has 1 atom stereocenters. The topological polar surface area (TPSA) is 117 Å². The lowest BCUT2D eigenvalue weighted by Crippen LogP contribution is -2.39. The number of hydrogen-bond acceptors (Lipinski definition) is 8. The second-order valence-electron chi connectivity index (χ2n) is 8.49. The predicted molar refractivity (Wildman–Crippen MR) is 136 cm³/mol. The SMILES string of the molecule is COc1cc(Nc2c(NC3(OC)C=CC=CC3)ccc3c2C(=O)c2c(O)cccc2C3=O)ccc1O. The Morgan fingerprint density at radius 2 is 1.69 bits per heavy atom. The van der Waals surface area contributed by atoms with E-state index in [9.17, 15) is 19.8 Å². The first kappa shape index (κ1) is 23.2. The minimum absolute atomic E-state index is 0.0413. The van der Waals surface area contributed by atoms with Gasteiger partial charge >= 0.3 is 0 Å². The van der Waals surface area contributed by atoms with Crippen LogP contribution in [0.25, 0.3) is 0 Å². The second-order valence-corrected chi connectivity index (χ2v) is 8.49. The van der Waals surface area contributed by atoms with Crippen molar-refractivity contribution in [2.75, 3.05) is 24.9 Å². The number of benzene rings is 3. The van der Waals surface area contributed by atoms with E-state index in [2.05, 4.69) is 10.6 Å². The molecule has 0 saturated heterocycles. The van der Waals surface area contributed by atoms with E-state index < -0.39 is 11.5 Å². The summed E-state index contributed by atoms with van der Waals surface area (Å²) in [7, 11) is 3.01. The largest absolute Gasteiger partial charge is 0.507 e. The number of aromatic hydroxyl groups is 2. The maximum Gasteiger partial charge on any atom is 0.200 e. The highest BCUT2D eigenvalue weighted by atomic mass is 16.5. The number of carbonyl (C=O) groups is 2. The summed E-state index contributed by atoms with van der Waals surface area (Å²) in [4.78, 5) is 27.1. The van der Waals surface area contributed by atoms with Crippen LogP contribution in [-0.4, -0.2) is 41.7 Å². The van der Waals surface area contributed by atoms with Gasteiger partial charge in [0.25, 0.3) is 0 Å². The van der Waals surface area contributed by atoms with Gasteiger partial charge in [-0.05, 0) is 36.4 Å². The number of fused-ring (bicyclic) bond motifs is 2. The van der Waals surface area contributed by atoms with Gasteiger partial charge in [0.05, 0.1) is 29.6 Å². The molecule has 0 aliphatic heterocycles. The van der Waals surface area contributed by atoms with Gasteiger partial charge in [0.15, 0.2) is 28.8 Å². The van der Waals surface area contributed by atoms with Gasteiger partial charge in [-0.1, -0.05) is 30.4 Å². The molecule has 5 rings (SSSR count). The molecule has 0 fully saturated rings. The van der Waals surface area contributed by atoms with Crippen molar-refractivity contribution < 1.29 is 29.3 Å². The van der Waals surface area contributed by atoms with E-state index in [4.69, 9.17) is 9.47 Å². The van der Waals surface area contributed by atoms with Gasteiger partial charge in [-0.25, -0.2) is 0 Å². The minimum Gasteiger partial charge on any atom is -0.507 e. The van der Waals surface area contributed by atoms with Gasteiger partial charge in [0.2, 0.25) is 0 Å². The molecule has 3 aromatic carbocycles. The summed E-state index contributed by atoms with van der Waals surface area (Å²) in [6.45, 7) is 0. The lowest BCUT2D eigenvalue weighted by Gasteiger charge is -2.34. The molecule has 0 spiro atoms. The molecule has 36 heavy (non-hydrogen) atoms. The molecule has 8 heteroatoms. The number of allylic oxidation sites excluding steroid dienone is 2. The Hall–Kier alpha value is -4.56. The lowest BCUT2D eigenvalue weighted by molar-refractivity contribution is 0.0587. The number of carbonyl (C=O) groups excluding carboxylic acids is 2. The summed E-state index contributed by atoms with van der Waals surface area (Å²) < 4.78 is 11.0. The van der Waals surface area contributed by atoms with Crippen LogP contribution in [0.1, 0.15) is 38.3 Å². The van der Waals surface area contributed by atoms with Gasteiger partial charge < -0.3 is 30.3 Å². The fourth-order valence-electron chi connectivity index (χ4n) is 4.52. The molecule has 0 amide bonds. The molecule has 0 heterocycles. The molecule has 0 aromatic heterocycles. The number of anilines is 3. The standard InChI is InChI=1S/C28H24N2O6/c1-35-22-15-16(9-12-20(22)31)29-25-19(30-28(36-2)13-4-3-5-14-28)11-10-18-24(25)27(34)23-17(26(18)33)7-6-8-21(23)32/h3-13,15,29-32H,14H2,1-2H3. The highest BCUT2D eigenvalue weighted by Crippen LogP contribution is 2.42. The second kappa shape index (κ2) is 8.90. The number of phenolic OH excluding ortho intramolecular Hbond substituents is 2. The van der Waals surface area contributed by atoms with Crippen molar-refractivity contribution in [3.05, 3.63) is 95.1 Å². The number of rotatable bonds is 6. The third-order valence-corrected chi connectivity index (χ3v) is 6.38. The quantitative estimate of drug-likeness (QED) is 0.226. The van der Waals surface area contributed by atoms with E-state index in [-0.39, 0.29) is 45.3 Å². The molecule has 3 aromatic rings. The molecule has 2 aliphatic rings. The molecule has 4 N–H and O–H groups in total. The monoisotopic (exact) mass is 484 g/mol. The molecule has 0 bridgehead atoms. The summed E-state index contributed by atoms with van der Waals surface area (Å²) in [6, 6.07) is 12.4. The molecule has 1 unspecified atom stereocenters. The van der Waals surface area contributed by atoms with Gasteiger partial charge in [0.1, 0.15) is 5.75 Å². The van der Waals surface area contributed by atoms with Crippen molar-refractivity contribution in [3.63, 3.8) is 0 Å². The lowest BCUT2D eigenvalue weighted by atomic mass is 9.82. The molecular formula is C28H24N2O6. The fraction of sp³-hybridized carbons (Fsp3) is 0.143. The first-order chi connectivity index (χ1) is 17.4. The summed E-state index contributed by atoms with van der Waals surface area (Å²) in [6.07, 6.45) is 8.12. The average molecular weight is 485 g/mol. The van der Waals surface area contributed by atoms with Crippen LogP contribution in [0.4, 0.5) is 17.1 Å². The van der Waals surface area contributed by atoms with E-state index in [1.807, 2.05) is 24.3 Å². The number of ketones is 2. The van der Waals surface area contributed by atoms with Gasteiger partial charge in [-0.15, -0.1) is 0 Å². The molecule has 8 nitrogen and oxygen atoms in total. The van der Waals surface area contributed by atoms with E-state index >= 15 is 0 Å². The highest BCUT2D eigenvalue weighted by Gasteiger charge is 2.36. The predicted octanol–water partition coefficient (Wildman–Crippen LogP) is 4.90. The van der Waals surface area contributed by atoms with Crippen LogP contribution in [0.5, 0.6) is 17.2 Å². The molecular weight excluding hydrogens is 460 g/mol. The average Bonchev–Trinajstić information content (AvgIpc) is 2.89. The van der Waals surface area contributed by atoms with Crippen LogP contribution in [0.15, 0.2) is 72.8 Å². The van der Waals surface area contributed by atoms with Crippen LogP contribution in [0, 0.1) is 0 Å². The number of nitrogens with one attached hydrogen (secondary N) is 2. The summed E-state index contributed by atoms with van der Waals surface area (Å²) in [5.41, 5.74) is 0.896. The van der Waals surface area contributed by atoms with Crippen molar-refractivity contribution in [2.45, 2.75) is 12.1 Å². The molecule has 182 valence electrons. The smallest absolute Gasteiger partial charge is 0.200 e. The summed E-state index contributed by atoms with van der Waals surface area (Å²) in [5, 5.41) is 27.1. The Morgan fingerprint density at radius 1 is 0.889 bits per heavy atom. The Labute approximate surface area is 207 Å². The Bertz CT molecular complexity index is 1460. The number of methoxy groups -OCH3 is 2. The normalized spacial score (nSPS) is 17.9. The van der Waals surface area contributed by atoms with Crippen LogP contribution < -0.4 is 15.4 Å². The van der Waals surface area contributed by atoms with Gasteiger partial charge in [-0.3, -0.25) is 9.59 Å². The maximum atomic E-state index is 13.8.